The lowest BCUT2D eigenvalue weighted by atomic mass is 10.1. The van der Waals surface area contributed by atoms with Crippen LogP contribution in [-0.2, 0) is 0 Å². The minimum atomic E-state index is -1.06. The van der Waals surface area contributed by atoms with E-state index < -0.39 is 6.09 Å². The van der Waals surface area contributed by atoms with Gasteiger partial charge in [0.2, 0.25) is 0 Å². The molecule has 1 aromatic rings. The standard InChI is InChI=1S/C9H9BrClNO2/c1-5(12-9(13)14)7-3-2-6(10)4-8(7)11/h2-5,12H,1H3,(H,13,14). The van der Waals surface area contributed by atoms with Gasteiger partial charge in [0.05, 0.1) is 6.04 Å². The number of halogens is 2. The molecule has 0 aliphatic carbocycles. The summed E-state index contributed by atoms with van der Waals surface area (Å²) in [5, 5.41) is 11.4. The van der Waals surface area contributed by atoms with Crippen LogP contribution in [0.3, 0.4) is 0 Å². The quantitative estimate of drug-likeness (QED) is 0.871. The summed E-state index contributed by atoms with van der Waals surface area (Å²) in [6.07, 6.45) is -1.06. The number of rotatable bonds is 2. The van der Waals surface area contributed by atoms with Crippen LogP contribution < -0.4 is 5.32 Å². The van der Waals surface area contributed by atoms with E-state index in [1.54, 1.807) is 19.1 Å². The van der Waals surface area contributed by atoms with Crippen molar-refractivity contribution in [3.05, 3.63) is 33.3 Å². The molecule has 0 fully saturated rings. The predicted octanol–water partition coefficient (Wildman–Crippen LogP) is 3.43. The second-order valence-electron chi connectivity index (χ2n) is 2.84. The number of amides is 1. The van der Waals surface area contributed by atoms with E-state index in [4.69, 9.17) is 16.7 Å². The molecule has 0 heterocycles. The van der Waals surface area contributed by atoms with E-state index in [2.05, 4.69) is 21.2 Å². The molecule has 1 amide bonds. The maximum Gasteiger partial charge on any atom is 0.405 e. The van der Waals surface area contributed by atoms with Crippen LogP contribution in [-0.4, -0.2) is 11.2 Å². The van der Waals surface area contributed by atoms with Crippen molar-refractivity contribution in [3.8, 4) is 0 Å². The molecule has 0 aromatic heterocycles. The fourth-order valence-electron chi connectivity index (χ4n) is 1.12. The lowest BCUT2D eigenvalue weighted by Gasteiger charge is -2.13. The highest BCUT2D eigenvalue weighted by molar-refractivity contribution is 9.10. The van der Waals surface area contributed by atoms with Crippen molar-refractivity contribution in [3.63, 3.8) is 0 Å². The summed E-state index contributed by atoms with van der Waals surface area (Å²) < 4.78 is 0.869. The molecule has 0 spiro atoms. The Morgan fingerprint density at radius 2 is 2.29 bits per heavy atom. The van der Waals surface area contributed by atoms with Gasteiger partial charge in [-0.1, -0.05) is 33.6 Å². The van der Waals surface area contributed by atoms with Crippen LogP contribution >= 0.6 is 27.5 Å². The van der Waals surface area contributed by atoms with Gasteiger partial charge in [-0.2, -0.15) is 0 Å². The number of hydrogen-bond acceptors (Lipinski definition) is 1. The molecule has 14 heavy (non-hydrogen) atoms. The van der Waals surface area contributed by atoms with E-state index in [0.717, 1.165) is 10.0 Å². The Kier molecular flexibility index (Phi) is 3.77. The molecule has 2 N–H and O–H groups in total. The van der Waals surface area contributed by atoms with Crippen LogP contribution in [0.1, 0.15) is 18.5 Å². The Balaban J connectivity index is 2.90. The maximum absolute atomic E-state index is 10.4. The molecule has 1 atom stereocenters. The van der Waals surface area contributed by atoms with Crippen LogP contribution in [0.2, 0.25) is 5.02 Å². The number of hydrogen-bond donors (Lipinski definition) is 2. The molecular weight excluding hydrogens is 269 g/mol. The van der Waals surface area contributed by atoms with Crippen LogP contribution in [0.15, 0.2) is 22.7 Å². The number of benzene rings is 1. The Labute approximate surface area is 95.2 Å². The van der Waals surface area contributed by atoms with Crippen molar-refractivity contribution >= 4 is 33.6 Å². The van der Waals surface area contributed by atoms with Gasteiger partial charge in [-0.25, -0.2) is 4.79 Å². The minimum absolute atomic E-state index is 0.312. The Morgan fingerprint density at radius 1 is 1.64 bits per heavy atom. The first-order valence-corrected chi connectivity index (χ1v) is 5.12. The highest BCUT2D eigenvalue weighted by Crippen LogP contribution is 2.26. The number of nitrogens with one attached hydrogen (secondary N) is 1. The summed E-state index contributed by atoms with van der Waals surface area (Å²) in [5.41, 5.74) is 0.761. The van der Waals surface area contributed by atoms with Crippen molar-refractivity contribution in [2.75, 3.05) is 0 Å². The van der Waals surface area contributed by atoms with Crippen molar-refractivity contribution in [2.24, 2.45) is 0 Å². The van der Waals surface area contributed by atoms with Gasteiger partial charge in [0.1, 0.15) is 0 Å². The van der Waals surface area contributed by atoms with Gasteiger partial charge in [-0.3, -0.25) is 0 Å². The highest BCUT2D eigenvalue weighted by atomic mass is 79.9. The zero-order chi connectivity index (χ0) is 10.7. The molecule has 0 aliphatic heterocycles. The third kappa shape index (κ3) is 2.89. The average molecular weight is 279 g/mol. The van der Waals surface area contributed by atoms with Gasteiger partial charge in [0, 0.05) is 9.50 Å². The molecule has 0 saturated carbocycles. The van der Waals surface area contributed by atoms with E-state index in [1.165, 1.54) is 0 Å². The molecular formula is C9H9BrClNO2. The van der Waals surface area contributed by atoms with Crippen molar-refractivity contribution in [1.29, 1.82) is 0 Å². The van der Waals surface area contributed by atoms with Gasteiger partial charge >= 0.3 is 6.09 Å². The van der Waals surface area contributed by atoms with Gasteiger partial charge in [0.25, 0.3) is 0 Å². The summed E-state index contributed by atoms with van der Waals surface area (Å²) in [4.78, 5) is 10.4. The lowest BCUT2D eigenvalue weighted by Crippen LogP contribution is -2.24. The Hall–Kier alpha value is -0.740. The first kappa shape index (κ1) is 11.3. The first-order chi connectivity index (χ1) is 6.50. The molecule has 1 rings (SSSR count). The molecule has 0 radical (unpaired) electrons. The largest absolute Gasteiger partial charge is 0.465 e. The SMILES string of the molecule is CC(NC(=O)O)c1ccc(Br)cc1Cl. The first-order valence-electron chi connectivity index (χ1n) is 3.95. The zero-order valence-electron chi connectivity index (χ0n) is 7.42. The second-order valence-corrected chi connectivity index (χ2v) is 4.16. The fourth-order valence-corrected chi connectivity index (χ4v) is 1.95. The molecule has 3 nitrogen and oxygen atoms in total. The van der Waals surface area contributed by atoms with E-state index in [1.807, 2.05) is 6.07 Å². The zero-order valence-corrected chi connectivity index (χ0v) is 9.76. The van der Waals surface area contributed by atoms with Crippen molar-refractivity contribution < 1.29 is 9.90 Å². The maximum atomic E-state index is 10.4. The van der Waals surface area contributed by atoms with Crippen LogP contribution in [0.5, 0.6) is 0 Å². The second kappa shape index (κ2) is 4.66. The lowest BCUT2D eigenvalue weighted by molar-refractivity contribution is 0.191. The van der Waals surface area contributed by atoms with Crippen molar-refractivity contribution in [1.82, 2.24) is 5.32 Å². The van der Waals surface area contributed by atoms with E-state index in [-0.39, 0.29) is 6.04 Å². The van der Waals surface area contributed by atoms with E-state index >= 15 is 0 Å². The normalized spacial score (nSPS) is 12.2. The van der Waals surface area contributed by atoms with Gasteiger partial charge < -0.3 is 10.4 Å². The molecule has 1 unspecified atom stereocenters. The summed E-state index contributed by atoms with van der Waals surface area (Å²) >= 11 is 9.22. The minimum Gasteiger partial charge on any atom is -0.465 e. The van der Waals surface area contributed by atoms with Gasteiger partial charge in [-0.05, 0) is 24.6 Å². The topological polar surface area (TPSA) is 49.3 Å². The smallest absolute Gasteiger partial charge is 0.405 e. The monoisotopic (exact) mass is 277 g/mol. The molecule has 0 saturated heterocycles. The highest BCUT2D eigenvalue weighted by Gasteiger charge is 2.11. The van der Waals surface area contributed by atoms with E-state index in [9.17, 15) is 4.79 Å². The molecule has 0 aliphatic rings. The molecule has 0 bridgehead atoms. The Bertz CT molecular complexity index is 357. The number of carboxylic acid groups (broad SMARTS) is 1. The predicted molar refractivity (Wildman–Crippen MR) is 58.7 cm³/mol. The Morgan fingerprint density at radius 3 is 2.79 bits per heavy atom. The summed E-state index contributed by atoms with van der Waals surface area (Å²) in [7, 11) is 0. The molecule has 5 heteroatoms. The number of carbonyl (C=O) groups is 1. The molecule has 76 valence electrons. The molecule has 1 aromatic carbocycles. The summed E-state index contributed by atoms with van der Waals surface area (Å²) in [6, 6.07) is 5.03. The van der Waals surface area contributed by atoms with Gasteiger partial charge in [0.15, 0.2) is 0 Å². The fraction of sp³-hybridized carbons (Fsp3) is 0.222. The third-order valence-electron chi connectivity index (χ3n) is 1.77. The van der Waals surface area contributed by atoms with Crippen LogP contribution in [0, 0.1) is 0 Å². The van der Waals surface area contributed by atoms with Crippen molar-refractivity contribution in [2.45, 2.75) is 13.0 Å². The van der Waals surface area contributed by atoms with Crippen LogP contribution in [0.4, 0.5) is 4.79 Å². The van der Waals surface area contributed by atoms with E-state index in [0.29, 0.717) is 5.02 Å². The average Bonchev–Trinajstić information content (AvgIpc) is 2.01. The third-order valence-corrected chi connectivity index (χ3v) is 2.59. The van der Waals surface area contributed by atoms with Crippen LogP contribution in [0.25, 0.3) is 0 Å². The summed E-state index contributed by atoms with van der Waals surface area (Å²) in [6.45, 7) is 1.74. The van der Waals surface area contributed by atoms with Gasteiger partial charge in [-0.15, -0.1) is 0 Å². The summed E-state index contributed by atoms with van der Waals surface area (Å²) in [5.74, 6) is 0.